The molecule has 0 bridgehead atoms. The van der Waals surface area contributed by atoms with Gasteiger partial charge in [-0.2, -0.15) is 0 Å². The van der Waals surface area contributed by atoms with Crippen LogP contribution >= 0.6 is 11.3 Å². The summed E-state index contributed by atoms with van der Waals surface area (Å²) in [6.45, 7) is 6.40. The van der Waals surface area contributed by atoms with Crippen LogP contribution in [-0.4, -0.2) is 0 Å². The van der Waals surface area contributed by atoms with E-state index in [2.05, 4.69) is 38.3 Å². The van der Waals surface area contributed by atoms with Crippen molar-refractivity contribution >= 4 is 17.4 Å². The van der Waals surface area contributed by atoms with Gasteiger partial charge >= 0.3 is 0 Å². The molecular formula is C9H12S. The molecular weight excluding hydrogens is 140 g/mol. The Balaban J connectivity index is 2.95. The lowest BCUT2D eigenvalue weighted by Gasteiger charge is -1.90. The predicted octanol–water partition coefficient (Wildman–Crippen LogP) is 3.48. The highest BCUT2D eigenvalue weighted by atomic mass is 32.1. The van der Waals surface area contributed by atoms with Gasteiger partial charge in [0.05, 0.1) is 0 Å². The first-order chi connectivity index (χ1) is 4.70. The van der Waals surface area contributed by atoms with E-state index in [9.17, 15) is 0 Å². The van der Waals surface area contributed by atoms with Gasteiger partial charge in [-0.15, -0.1) is 11.3 Å². The summed E-state index contributed by atoms with van der Waals surface area (Å²) in [7, 11) is 0. The van der Waals surface area contributed by atoms with E-state index in [1.54, 1.807) is 11.3 Å². The molecule has 0 aliphatic rings. The maximum Gasteiger partial charge on any atom is 0.00865 e. The number of aryl methyl sites for hydroxylation is 1. The van der Waals surface area contributed by atoms with Gasteiger partial charge in [-0.1, -0.05) is 11.6 Å². The van der Waals surface area contributed by atoms with Gasteiger partial charge in [0.25, 0.3) is 0 Å². The van der Waals surface area contributed by atoms with Crippen LogP contribution < -0.4 is 0 Å². The molecule has 54 valence electrons. The van der Waals surface area contributed by atoms with Crippen LogP contribution in [-0.2, 0) is 0 Å². The van der Waals surface area contributed by atoms with E-state index in [0.717, 1.165) is 0 Å². The molecule has 1 heteroatoms. The fraction of sp³-hybridized carbons (Fsp3) is 0.333. The minimum atomic E-state index is 1.36. The zero-order valence-corrected chi connectivity index (χ0v) is 7.46. The molecule has 10 heavy (non-hydrogen) atoms. The van der Waals surface area contributed by atoms with E-state index in [0.29, 0.717) is 0 Å². The van der Waals surface area contributed by atoms with Crippen molar-refractivity contribution in [3.05, 3.63) is 27.5 Å². The van der Waals surface area contributed by atoms with Crippen LogP contribution in [0.3, 0.4) is 0 Å². The van der Waals surface area contributed by atoms with Crippen molar-refractivity contribution in [2.24, 2.45) is 0 Å². The molecule has 0 aliphatic heterocycles. The third-order valence-electron chi connectivity index (χ3n) is 1.34. The quantitative estimate of drug-likeness (QED) is 0.578. The SMILES string of the molecule is CC(C)=Cc1ccsc1C. The van der Waals surface area contributed by atoms with Crippen molar-refractivity contribution in [3.8, 4) is 0 Å². The summed E-state index contributed by atoms with van der Waals surface area (Å²) >= 11 is 1.80. The van der Waals surface area contributed by atoms with E-state index in [-0.39, 0.29) is 0 Å². The van der Waals surface area contributed by atoms with Gasteiger partial charge in [-0.3, -0.25) is 0 Å². The molecule has 1 aromatic rings. The molecule has 1 rings (SSSR count). The van der Waals surface area contributed by atoms with Crippen LogP contribution in [0, 0.1) is 6.92 Å². The molecule has 0 aliphatic carbocycles. The van der Waals surface area contributed by atoms with E-state index < -0.39 is 0 Å². The van der Waals surface area contributed by atoms with Crippen molar-refractivity contribution < 1.29 is 0 Å². The van der Waals surface area contributed by atoms with Gasteiger partial charge in [0.15, 0.2) is 0 Å². The van der Waals surface area contributed by atoms with E-state index in [1.807, 2.05) is 0 Å². The van der Waals surface area contributed by atoms with Crippen molar-refractivity contribution in [2.45, 2.75) is 20.8 Å². The standard InChI is InChI=1S/C9H12S/c1-7(2)6-9-4-5-10-8(9)3/h4-6H,1-3H3. The monoisotopic (exact) mass is 152 g/mol. The summed E-state index contributed by atoms with van der Waals surface area (Å²) in [5.74, 6) is 0. The number of rotatable bonds is 1. The third kappa shape index (κ3) is 1.71. The number of thiophene rings is 1. The molecule has 0 saturated carbocycles. The minimum Gasteiger partial charge on any atom is -0.149 e. The van der Waals surface area contributed by atoms with Crippen molar-refractivity contribution in [1.82, 2.24) is 0 Å². The molecule has 0 radical (unpaired) electrons. The lowest BCUT2D eigenvalue weighted by molar-refractivity contribution is 1.42. The highest BCUT2D eigenvalue weighted by Gasteiger charge is 1.93. The van der Waals surface area contributed by atoms with Gasteiger partial charge < -0.3 is 0 Å². The minimum absolute atomic E-state index is 1.36. The second-order valence-corrected chi connectivity index (χ2v) is 3.77. The first-order valence-corrected chi connectivity index (χ1v) is 4.27. The van der Waals surface area contributed by atoms with Crippen LogP contribution in [0.15, 0.2) is 17.0 Å². The van der Waals surface area contributed by atoms with Crippen LogP contribution in [0.5, 0.6) is 0 Å². The molecule has 0 N–H and O–H groups in total. The van der Waals surface area contributed by atoms with Crippen LogP contribution in [0.1, 0.15) is 24.3 Å². The van der Waals surface area contributed by atoms with Crippen LogP contribution in [0.4, 0.5) is 0 Å². The predicted molar refractivity (Wildman–Crippen MR) is 48.4 cm³/mol. The fourth-order valence-corrected chi connectivity index (χ4v) is 1.54. The summed E-state index contributed by atoms with van der Waals surface area (Å²) in [6.07, 6.45) is 2.21. The average molecular weight is 152 g/mol. The Labute approximate surface area is 66.2 Å². The molecule has 0 aromatic carbocycles. The average Bonchev–Trinajstić information content (AvgIpc) is 2.15. The van der Waals surface area contributed by atoms with Gasteiger partial charge in [0.2, 0.25) is 0 Å². The van der Waals surface area contributed by atoms with Gasteiger partial charge in [-0.25, -0.2) is 0 Å². The highest BCUT2D eigenvalue weighted by molar-refractivity contribution is 7.10. The first kappa shape index (κ1) is 7.55. The topological polar surface area (TPSA) is 0 Å². The molecule has 0 unspecified atom stereocenters. The van der Waals surface area contributed by atoms with E-state index >= 15 is 0 Å². The second kappa shape index (κ2) is 3.02. The summed E-state index contributed by atoms with van der Waals surface area (Å²) in [4.78, 5) is 1.40. The normalized spacial score (nSPS) is 9.50. The van der Waals surface area contributed by atoms with Crippen molar-refractivity contribution in [3.63, 3.8) is 0 Å². The molecule has 0 atom stereocenters. The Morgan fingerprint density at radius 1 is 1.50 bits per heavy atom. The second-order valence-electron chi connectivity index (χ2n) is 2.65. The van der Waals surface area contributed by atoms with Crippen LogP contribution in [0.25, 0.3) is 6.08 Å². The maximum atomic E-state index is 2.21. The molecule has 0 fully saturated rings. The number of hydrogen-bond acceptors (Lipinski definition) is 1. The molecule has 1 heterocycles. The Kier molecular flexibility index (Phi) is 2.28. The molecule has 0 nitrogen and oxygen atoms in total. The summed E-state index contributed by atoms with van der Waals surface area (Å²) in [6, 6.07) is 2.16. The fourth-order valence-electron chi connectivity index (χ4n) is 0.856. The molecule has 0 amide bonds. The molecule has 1 aromatic heterocycles. The maximum absolute atomic E-state index is 2.21. The number of allylic oxidation sites excluding steroid dienone is 1. The largest absolute Gasteiger partial charge is 0.149 e. The highest BCUT2D eigenvalue weighted by Crippen LogP contribution is 2.17. The van der Waals surface area contributed by atoms with Crippen molar-refractivity contribution in [1.29, 1.82) is 0 Å². The lowest BCUT2D eigenvalue weighted by Crippen LogP contribution is -1.69. The number of hydrogen-bond donors (Lipinski definition) is 0. The Morgan fingerprint density at radius 3 is 2.60 bits per heavy atom. The first-order valence-electron chi connectivity index (χ1n) is 3.39. The molecule has 0 saturated heterocycles. The smallest absolute Gasteiger partial charge is 0.00865 e. The van der Waals surface area contributed by atoms with Crippen LogP contribution in [0.2, 0.25) is 0 Å². The molecule has 0 spiro atoms. The van der Waals surface area contributed by atoms with Crippen molar-refractivity contribution in [2.75, 3.05) is 0 Å². The summed E-state index contributed by atoms with van der Waals surface area (Å²) in [5, 5.41) is 2.13. The zero-order chi connectivity index (χ0) is 7.56. The van der Waals surface area contributed by atoms with Gasteiger partial charge in [0, 0.05) is 4.88 Å². The van der Waals surface area contributed by atoms with E-state index in [4.69, 9.17) is 0 Å². The van der Waals surface area contributed by atoms with E-state index in [1.165, 1.54) is 16.0 Å². The lowest BCUT2D eigenvalue weighted by atomic mass is 10.2. The van der Waals surface area contributed by atoms with Gasteiger partial charge in [-0.05, 0) is 37.8 Å². The zero-order valence-electron chi connectivity index (χ0n) is 6.64. The Morgan fingerprint density at radius 2 is 2.20 bits per heavy atom. The van der Waals surface area contributed by atoms with Gasteiger partial charge in [0.1, 0.15) is 0 Å². The summed E-state index contributed by atoms with van der Waals surface area (Å²) < 4.78 is 0. The Hall–Kier alpha value is -0.560. The Bertz CT molecular complexity index is 239. The summed E-state index contributed by atoms with van der Waals surface area (Å²) in [5.41, 5.74) is 2.73. The third-order valence-corrected chi connectivity index (χ3v) is 2.20.